The van der Waals surface area contributed by atoms with Crippen LogP contribution in [0.25, 0.3) is 0 Å². The molecule has 0 saturated carbocycles. The zero-order valence-electron chi connectivity index (χ0n) is 11.3. The monoisotopic (exact) mass is 335 g/mol. The van der Waals surface area contributed by atoms with E-state index in [1.54, 1.807) is 11.0 Å². The molecule has 0 fully saturated rings. The van der Waals surface area contributed by atoms with E-state index in [1.807, 2.05) is 44.2 Å². The molecule has 0 radical (unpaired) electrons. The molecule has 20 heavy (non-hydrogen) atoms. The van der Waals surface area contributed by atoms with Crippen LogP contribution in [-0.2, 0) is 0 Å². The molecular weight excluding hydrogens is 321 g/mol. The average molecular weight is 336 g/mol. The van der Waals surface area contributed by atoms with Crippen molar-refractivity contribution in [3.05, 3.63) is 64.4 Å². The first kappa shape index (κ1) is 14.7. The van der Waals surface area contributed by atoms with Crippen molar-refractivity contribution in [1.29, 1.82) is 0 Å². The first-order valence-electron chi connectivity index (χ1n) is 6.34. The standard InChI is InChI=1S/C16H15BrFNO/c1-11(2)19(13-6-4-3-5-7-13)16(20)14-10-12(17)8-9-15(14)18/h3-11H,1-2H3. The third kappa shape index (κ3) is 3.07. The smallest absolute Gasteiger partial charge is 0.261 e. The molecule has 2 aromatic carbocycles. The summed E-state index contributed by atoms with van der Waals surface area (Å²) >= 11 is 3.27. The van der Waals surface area contributed by atoms with Gasteiger partial charge in [-0.1, -0.05) is 34.1 Å². The summed E-state index contributed by atoms with van der Waals surface area (Å²) in [5.41, 5.74) is 0.823. The van der Waals surface area contributed by atoms with Crippen molar-refractivity contribution in [1.82, 2.24) is 0 Å². The number of rotatable bonds is 3. The van der Waals surface area contributed by atoms with Crippen LogP contribution in [0.5, 0.6) is 0 Å². The average Bonchev–Trinajstić information content (AvgIpc) is 2.42. The van der Waals surface area contributed by atoms with Gasteiger partial charge in [0, 0.05) is 16.2 Å². The predicted molar refractivity (Wildman–Crippen MR) is 82.5 cm³/mol. The second-order valence-corrected chi connectivity index (χ2v) is 5.64. The van der Waals surface area contributed by atoms with E-state index in [0.717, 1.165) is 5.69 Å². The molecule has 2 rings (SSSR count). The third-order valence-electron chi connectivity index (χ3n) is 2.93. The van der Waals surface area contributed by atoms with E-state index in [0.29, 0.717) is 4.47 Å². The van der Waals surface area contributed by atoms with Gasteiger partial charge in [-0.15, -0.1) is 0 Å². The van der Waals surface area contributed by atoms with Crippen LogP contribution in [0, 0.1) is 5.82 Å². The van der Waals surface area contributed by atoms with Crippen molar-refractivity contribution in [2.75, 3.05) is 4.90 Å². The molecule has 4 heteroatoms. The molecule has 1 amide bonds. The summed E-state index contributed by atoms with van der Waals surface area (Å²) < 4.78 is 14.6. The van der Waals surface area contributed by atoms with Crippen LogP contribution in [0.1, 0.15) is 24.2 Å². The molecule has 104 valence electrons. The number of carbonyl (C=O) groups is 1. The van der Waals surface area contributed by atoms with Crippen LogP contribution in [0.4, 0.5) is 10.1 Å². The van der Waals surface area contributed by atoms with E-state index < -0.39 is 5.82 Å². The maximum absolute atomic E-state index is 13.9. The lowest BCUT2D eigenvalue weighted by atomic mass is 10.1. The Hall–Kier alpha value is -1.68. The quantitative estimate of drug-likeness (QED) is 0.799. The second-order valence-electron chi connectivity index (χ2n) is 4.73. The SMILES string of the molecule is CC(C)N(C(=O)c1cc(Br)ccc1F)c1ccccc1. The molecular formula is C16H15BrFNO. The highest BCUT2D eigenvalue weighted by atomic mass is 79.9. The summed E-state index contributed by atoms with van der Waals surface area (Å²) in [6.07, 6.45) is 0. The minimum absolute atomic E-state index is 0.0664. The summed E-state index contributed by atoms with van der Waals surface area (Å²) in [4.78, 5) is 14.2. The highest BCUT2D eigenvalue weighted by Crippen LogP contribution is 2.23. The number of hydrogen-bond donors (Lipinski definition) is 0. The van der Waals surface area contributed by atoms with E-state index in [9.17, 15) is 9.18 Å². The molecule has 0 spiro atoms. The van der Waals surface area contributed by atoms with Gasteiger partial charge in [0.25, 0.3) is 5.91 Å². The Bertz CT molecular complexity index is 613. The van der Waals surface area contributed by atoms with Gasteiger partial charge < -0.3 is 4.90 Å². The lowest BCUT2D eigenvalue weighted by molar-refractivity contribution is 0.0976. The zero-order chi connectivity index (χ0) is 14.7. The fourth-order valence-electron chi connectivity index (χ4n) is 2.03. The maximum Gasteiger partial charge on any atom is 0.261 e. The topological polar surface area (TPSA) is 20.3 Å². The summed E-state index contributed by atoms with van der Waals surface area (Å²) in [5, 5.41) is 0. The van der Waals surface area contributed by atoms with Gasteiger partial charge in [0.05, 0.1) is 5.56 Å². The molecule has 0 aliphatic heterocycles. The summed E-state index contributed by atoms with van der Waals surface area (Å²) in [6.45, 7) is 3.81. The van der Waals surface area contributed by atoms with Crippen LogP contribution in [-0.4, -0.2) is 11.9 Å². The van der Waals surface area contributed by atoms with E-state index >= 15 is 0 Å². The largest absolute Gasteiger partial charge is 0.306 e. The Kier molecular flexibility index (Phi) is 4.55. The van der Waals surface area contributed by atoms with Gasteiger partial charge in [0.1, 0.15) is 5.82 Å². The molecule has 2 aromatic rings. The number of anilines is 1. The van der Waals surface area contributed by atoms with Gasteiger partial charge in [-0.2, -0.15) is 0 Å². The van der Waals surface area contributed by atoms with Crippen molar-refractivity contribution in [3.8, 4) is 0 Å². The lowest BCUT2D eigenvalue weighted by Crippen LogP contribution is -2.37. The van der Waals surface area contributed by atoms with Gasteiger partial charge in [0.2, 0.25) is 0 Å². The molecule has 0 aliphatic carbocycles. The van der Waals surface area contributed by atoms with Crippen molar-refractivity contribution in [2.24, 2.45) is 0 Å². The number of halogens is 2. The summed E-state index contributed by atoms with van der Waals surface area (Å²) in [6, 6.07) is 13.6. The van der Waals surface area contributed by atoms with E-state index in [2.05, 4.69) is 15.9 Å². The van der Waals surface area contributed by atoms with E-state index in [-0.39, 0.29) is 17.5 Å². The van der Waals surface area contributed by atoms with Crippen molar-refractivity contribution in [3.63, 3.8) is 0 Å². The second kappa shape index (κ2) is 6.18. The molecule has 0 atom stereocenters. The van der Waals surface area contributed by atoms with Crippen molar-refractivity contribution in [2.45, 2.75) is 19.9 Å². The van der Waals surface area contributed by atoms with E-state index in [1.165, 1.54) is 12.1 Å². The Balaban J connectivity index is 2.45. The Morgan fingerprint density at radius 2 is 1.80 bits per heavy atom. The lowest BCUT2D eigenvalue weighted by Gasteiger charge is -2.27. The highest BCUT2D eigenvalue weighted by molar-refractivity contribution is 9.10. The van der Waals surface area contributed by atoms with Crippen molar-refractivity contribution < 1.29 is 9.18 Å². The molecule has 0 unspecified atom stereocenters. The van der Waals surface area contributed by atoms with Crippen LogP contribution in [0.15, 0.2) is 53.0 Å². The maximum atomic E-state index is 13.9. The Morgan fingerprint density at radius 1 is 1.15 bits per heavy atom. The number of amides is 1. The molecule has 0 bridgehead atoms. The molecule has 2 nitrogen and oxygen atoms in total. The molecule has 0 saturated heterocycles. The van der Waals surface area contributed by atoms with Gasteiger partial charge >= 0.3 is 0 Å². The third-order valence-corrected chi connectivity index (χ3v) is 3.42. The molecule has 0 heterocycles. The van der Waals surface area contributed by atoms with Crippen molar-refractivity contribution >= 4 is 27.5 Å². The normalized spacial score (nSPS) is 10.7. The van der Waals surface area contributed by atoms with Crippen LogP contribution in [0.3, 0.4) is 0 Å². The number of hydrogen-bond acceptors (Lipinski definition) is 1. The van der Waals surface area contributed by atoms with E-state index in [4.69, 9.17) is 0 Å². The molecule has 0 N–H and O–H groups in total. The van der Waals surface area contributed by atoms with Gasteiger partial charge in [-0.3, -0.25) is 4.79 Å². The zero-order valence-corrected chi connectivity index (χ0v) is 12.9. The van der Waals surface area contributed by atoms with Crippen LogP contribution >= 0.6 is 15.9 Å². The Morgan fingerprint density at radius 3 is 2.40 bits per heavy atom. The molecule has 0 aliphatic rings. The van der Waals surface area contributed by atoms with Crippen LogP contribution in [0.2, 0.25) is 0 Å². The van der Waals surface area contributed by atoms with Crippen LogP contribution < -0.4 is 4.90 Å². The number of benzene rings is 2. The fraction of sp³-hybridized carbons (Fsp3) is 0.188. The highest BCUT2D eigenvalue weighted by Gasteiger charge is 2.23. The van der Waals surface area contributed by atoms with Gasteiger partial charge in [0.15, 0.2) is 0 Å². The fourth-order valence-corrected chi connectivity index (χ4v) is 2.39. The first-order valence-corrected chi connectivity index (χ1v) is 7.13. The minimum Gasteiger partial charge on any atom is -0.306 e. The van der Waals surface area contributed by atoms with Gasteiger partial charge in [-0.25, -0.2) is 4.39 Å². The predicted octanol–water partition coefficient (Wildman–Crippen LogP) is 4.64. The Labute approximate surface area is 126 Å². The minimum atomic E-state index is -0.514. The summed E-state index contributed by atoms with van der Waals surface area (Å²) in [5.74, 6) is -0.857. The molecule has 0 aromatic heterocycles. The number of nitrogens with zero attached hydrogens (tertiary/aromatic N) is 1. The van der Waals surface area contributed by atoms with Gasteiger partial charge in [-0.05, 0) is 44.2 Å². The first-order chi connectivity index (χ1) is 9.50. The number of carbonyl (C=O) groups excluding carboxylic acids is 1. The summed E-state index contributed by atoms with van der Waals surface area (Å²) in [7, 11) is 0. The number of para-hydroxylation sites is 1.